The van der Waals surface area contributed by atoms with Crippen molar-refractivity contribution in [2.24, 2.45) is 0 Å². The molecule has 2 aromatic heterocycles. The van der Waals surface area contributed by atoms with E-state index in [1.54, 1.807) is 0 Å². The van der Waals surface area contributed by atoms with Crippen LogP contribution in [0.5, 0.6) is 0 Å². The number of hydrogen-bond donors (Lipinski definition) is 4. The van der Waals surface area contributed by atoms with Gasteiger partial charge in [-0.1, -0.05) is 0 Å². The summed E-state index contributed by atoms with van der Waals surface area (Å²) in [6, 6.07) is 7.20. The minimum Gasteiger partial charge on any atom is -0.332 e. The maximum atomic E-state index is 13.2. The standard InChI is InChI=1S/C28H16F12N6S2/c29-25(30,31)13-5-14(26(32,33)34)8-19(7-13)45-23(47)43-17-1-3-41-21(11-17)22-12-18(2-4-42-22)44-24(48)46-20-9-15(27(35,36)37)6-16(10-20)28(38,39)40/h1-12H,(H2,41,43,45,47)(H2,42,44,46,48). The summed E-state index contributed by atoms with van der Waals surface area (Å²) in [7, 11) is 0. The molecule has 0 radical (unpaired) electrons. The van der Waals surface area contributed by atoms with Crippen LogP contribution in [-0.4, -0.2) is 20.2 Å². The molecule has 4 aromatic rings. The Balaban J connectivity index is 1.48. The fourth-order valence-electron chi connectivity index (χ4n) is 3.94. The minimum atomic E-state index is -5.07. The van der Waals surface area contributed by atoms with Crippen molar-refractivity contribution in [3.63, 3.8) is 0 Å². The summed E-state index contributed by atoms with van der Waals surface area (Å²) in [5.41, 5.74) is -6.69. The van der Waals surface area contributed by atoms with E-state index in [0.29, 0.717) is 24.3 Å². The van der Waals surface area contributed by atoms with Crippen molar-refractivity contribution in [2.45, 2.75) is 24.7 Å². The lowest BCUT2D eigenvalue weighted by atomic mass is 10.1. The predicted molar refractivity (Wildman–Crippen MR) is 160 cm³/mol. The lowest BCUT2D eigenvalue weighted by Crippen LogP contribution is -2.21. The molecule has 4 rings (SSSR count). The zero-order valence-electron chi connectivity index (χ0n) is 23.2. The van der Waals surface area contributed by atoms with Crippen molar-refractivity contribution >= 4 is 57.4 Å². The number of thiocarbonyl (C=S) groups is 2. The Morgan fingerprint density at radius 3 is 0.958 bits per heavy atom. The Bertz CT molecular complexity index is 1640. The molecule has 20 heteroatoms. The van der Waals surface area contributed by atoms with Crippen LogP contribution in [-0.2, 0) is 24.7 Å². The maximum absolute atomic E-state index is 13.2. The third-order valence-electron chi connectivity index (χ3n) is 5.99. The summed E-state index contributed by atoms with van der Waals surface area (Å²) >= 11 is 10.1. The number of hydrogen-bond acceptors (Lipinski definition) is 4. The second kappa shape index (κ2) is 13.4. The summed E-state index contributed by atoms with van der Waals surface area (Å²) in [6.07, 6.45) is -17.7. The number of alkyl halides is 12. The number of aromatic nitrogens is 2. The highest BCUT2D eigenvalue weighted by Crippen LogP contribution is 2.39. The van der Waals surface area contributed by atoms with Crippen LogP contribution < -0.4 is 21.3 Å². The van der Waals surface area contributed by atoms with E-state index >= 15 is 0 Å². The summed E-state index contributed by atoms with van der Waals surface area (Å²) in [5.74, 6) is 0. The van der Waals surface area contributed by atoms with E-state index in [1.807, 2.05) is 0 Å². The van der Waals surface area contributed by atoms with Gasteiger partial charge in [0.1, 0.15) is 0 Å². The monoisotopic (exact) mass is 728 g/mol. The lowest BCUT2D eigenvalue weighted by molar-refractivity contribution is -0.144. The van der Waals surface area contributed by atoms with Crippen LogP contribution in [0.15, 0.2) is 73.1 Å². The first kappa shape index (κ1) is 36.1. The van der Waals surface area contributed by atoms with E-state index in [0.717, 1.165) is 0 Å². The number of nitrogens with one attached hydrogen (secondary N) is 4. The van der Waals surface area contributed by atoms with Crippen LogP contribution in [0.1, 0.15) is 22.3 Å². The first-order valence-corrected chi connectivity index (χ1v) is 13.6. The molecule has 2 heterocycles. The summed E-state index contributed by atoms with van der Waals surface area (Å²) in [6.45, 7) is 0. The zero-order valence-corrected chi connectivity index (χ0v) is 24.8. The Hall–Kier alpha value is -4.72. The lowest BCUT2D eigenvalue weighted by Gasteiger charge is -2.16. The third-order valence-corrected chi connectivity index (χ3v) is 6.40. The van der Waals surface area contributed by atoms with Gasteiger partial charge in [-0.2, -0.15) is 52.7 Å². The van der Waals surface area contributed by atoms with E-state index in [2.05, 4.69) is 31.2 Å². The molecule has 0 aliphatic heterocycles. The summed E-state index contributed by atoms with van der Waals surface area (Å²) < 4.78 is 158. The van der Waals surface area contributed by atoms with Crippen LogP contribution >= 0.6 is 24.4 Å². The third kappa shape index (κ3) is 9.66. The molecule has 0 saturated carbocycles. The van der Waals surface area contributed by atoms with Gasteiger partial charge in [-0.15, -0.1) is 0 Å². The molecule has 0 unspecified atom stereocenters. The fraction of sp³-hybridized carbons (Fsp3) is 0.143. The molecular weight excluding hydrogens is 712 g/mol. The van der Waals surface area contributed by atoms with Crippen molar-refractivity contribution < 1.29 is 52.7 Å². The van der Waals surface area contributed by atoms with Gasteiger partial charge in [-0.05, 0) is 85.1 Å². The summed E-state index contributed by atoms with van der Waals surface area (Å²) in [5, 5.41) is 9.02. The number of benzene rings is 2. The van der Waals surface area contributed by atoms with Crippen LogP contribution in [0.3, 0.4) is 0 Å². The van der Waals surface area contributed by atoms with Crippen molar-refractivity contribution in [3.8, 4) is 11.4 Å². The van der Waals surface area contributed by atoms with E-state index in [-0.39, 0.29) is 45.1 Å². The molecule has 254 valence electrons. The first-order valence-electron chi connectivity index (χ1n) is 12.8. The molecule has 6 nitrogen and oxygen atoms in total. The van der Waals surface area contributed by atoms with Gasteiger partial charge < -0.3 is 21.3 Å². The molecule has 0 spiro atoms. The van der Waals surface area contributed by atoms with E-state index in [9.17, 15) is 52.7 Å². The van der Waals surface area contributed by atoms with Gasteiger partial charge >= 0.3 is 24.7 Å². The number of pyridine rings is 2. The highest BCUT2D eigenvalue weighted by atomic mass is 32.1. The van der Waals surface area contributed by atoms with E-state index < -0.39 is 58.3 Å². The molecular formula is C28H16F12N6S2. The van der Waals surface area contributed by atoms with Crippen LogP contribution in [0.25, 0.3) is 11.4 Å². The van der Waals surface area contributed by atoms with Gasteiger partial charge in [0.05, 0.1) is 33.6 Å². The average molecular weight is 729 g/mol. The van der Waals surface area contributed by atoms with E-state index in [1.165, 1.54) is 36.7 Å². The molecule has 0 aliphatic carbocycles. The molecule has 2 aromatic carbocycles. The molecule has 0 atom stereocenters. The second-order valence-corrected chi connectivity index (χ2v) is 10.4. The Morgan fingerprint density at radius 1 is 0.417 bits per heavy atom. The van der Waals surface area contributed by atoms with E-state index in [4.69, 9.17) is 24.4 Å². The minimum absolute atomic E-state index is 0.0371. The van der Waals surface area contributed by atoms with Gasteiger partial charge in [-0.25, -0.2) is 0 Å². The Labute approximate surface area is 272 Å². The molecule has 0 fully saturated rings. The maximum Gasteiger partial charge on any atom is 0.416 e. The van der Waals surface area contributed by atoms with Gasteiger partial charge in [0.15, 0.2) is 10.2 Å². The quantitative estimate of drug-likeness (QED) is 0.120. The molecule has 4 N–H and O–H groups in total. The molecule has 0 saturated heterocycles. The van der Waals surface area contributed by atoms with Crippen molar-refractivity contribution in [2.75, 3.05) is 21.3 Å². The molecule has 0 aliphatic rings. The normalized spacial score (nSPS) is 12.3. The van der Waals surface area contributed by atoms with Gasteiger partial charge in [0.2, 0.25) is 0 Å². The molecule has 0 bridgehead atoms. The van der Waals surface area contributed by atoms with Crippen molar-refractivity contribution in [1.82, 2.24) is 9.97 Å². The first-order chi connectivity index (χ1) is 22.1. The Kier molecular flexibility index (Phi) is 10.1. The number of nitrogens with zero attached hydrogens (tertiary/aromatic N) is 2. The van der Waals surface area contributed by atoms with Gasteiger partial charge in [-0.3, -0.25) is 9.97 Å². The topological polar surface area (TPSA) is 73.9 Å². The number of anilines is 4. The van der Waals surface area contributed by atoms with Crippen LogP contribution in [0.2, 0.25) is 0 Å². The van der Waals surface area contributed by atoms with Gasteiger partial charge in [0, 0.05) is 35.1 Å². The SMILES string of the molecule is FC(F)(F)c1cc(NC(=S)Nc2ccnc(-c3cc(NC(=S)Nc4cc(C(F)(F)F)cc(C(F)(F)F)c4)ccn3)c2)cc(C(F)(F)F)c1. The highest BCUT2D eigenvalue weighted by molar-refractivity contribution is 7.81. The summed E-state index contributed by atoms with van der Waals surface area (Å²) in [4.78, 5) is 8.25. The second-order valence-electron chi connectivity index (χ2n) is 9.61. The van der Waals surface area contributed by atoms with Crippen LogP contribution in [0.4, 0.5) is 75.4 Å². The van der Waals surface area contributed by atoms with Gasteiger partial charge in [0.25, 0.3) is 0 Å². The predicted octanol–water partition coefficient (Wildman–Crippen LogP) is 9.84. The molecule has 48 heavy (non-hydrogen) atoms. The smallest absolute Gasteiger partial charge is 0.332 e. The number of rotatable bonds is 5. The average Bonchev–Trinajstić information content (AvgIpc) is 2.95. The highest BCUT2D eigenvalue weighted by Gasteiger charge is 2.38. The largest absolute Gasteiger partial charge is 0.416 e. The zero-order chi connectivity index (χ0) is 35.7. The number of halogens is 12. The molecule has 0 amide bonds. The van der Waals surface area contributed by atoms with Crippen LogP contribution in [0, 0.1) is 0 Å². The van der Waals surface area contributed by atoms with Crippen molar-refractivity contribution in [1.29, 1.82) is 0 Å². The van der Waals surface area contributed by atoms with Crippen molar-refractivity contribution in [3.05, 3.63) is 95.3 Å². The Morgan fingerprint density at radius 2 is 0.688 bits per heavy atom. The fourth-order valence-corrected chi connectivity index (χ4v) is 4.41.